The Labute approximate surface area is 164 Å². The number of carbonyl (C=O) groups excluding carboxylic acids is 1. The molecule has 0 radical (unpaired) electrons. The molecule has 0 saturated carbocycles. The molecule has 1 amide bonds. The largest absolute Gasteiger partial charge is 0.378 e. The van der Waals surface area contributed by atoms with Gasteiger partial charge in [-0.25, -0.2) is 0 Å². The smallest absolute Gasteiger partial charge is 0.228 e. The Morgan fingerprint density at radius 2 is 1.85 bits per heavy atom. The van der Waals surface area contributed by atoms with Crippen molar-refractivity contribution in [2.24, 2.45) is 11.1 Å². The molecule has 26 heavy (non-hydrogen) atoms. The number of amides is 1. The number of piperidine rings is 1. The van der Waals surface area contributed by atoms with Crippen molar-refractivity contribution in [3.8, 4) is 0 Å². The topological polar surface area (TPSA) is 55.6 Å². The summed E-state index contributed by atoms with van der Waals surface area (Å²) in [5, 5.41) is 0. The monoisotopic (exact) mass is 382 g/mol. The molecule has 1 heterocycles. The van der Waals surface area contributed by atoms with Crippen LogP contribution in [0.4, 0.5) is 0 Å². The quantitative estimate of drug-likeness (QED) is 0.660. The fraction of sp³-hybridized carbons (Fsp3) is 0.667. The summed E-state index contributed by atoms with van der Waals surface area (Å²) < 4.78 is 5.83. The molecule has 5 heteroatoms. The summed E-state index contributed by atoms with van der Waals surface area (Å²) >= 11 is 0. The Kier molecular flexibility index (Phi) is 10.2. The summed E-state index contributed by atoms with van der Waals surface area (Å²) in [6.07, 6.45) is 6.08. The molecular weight excluding hydrogens is 348 g/mol. The van der Waals surface area contributed by atoms with Crippen molar-refractivity contribution in [3.63, 3.8) is 0 Å². The number of hydrogen-bond donors (Lipinski definition) is 1. The maximum atomic E-state index is 12.9. The van der Waals surface area contributed by atoms with E-state index in [4.69, 9.17) is 10.5 Å². The van der Waals surface area contributed by atoms with Crippen LogP contribution in [-0.4, -0.2) is 43.2 Å². The lowest BCUT2D eigenvalue weighted by Gasteiger charge is -2.37. The van der Waals surface area contributed by atoms with Gasteiger partial charge in [-0.15, -0.1) is 12.4 Å². The van der Waals surface area contributed by atoms with Gasteiger partial charge in [0, 0.05) is 25.1 Å². The molecule has 1 aliphatic heterocycles. The van der Waals surface area contributed by atoms with Crippen LogP contribution in [0.25, 0.3) is 0 Å². The van der Waals surface area contributed by atoms with Gasteiger partial charge in [-0.05, 0) is 50.6 Å². The third-order valence-corrected chi connectivity index (χ3v) is 5.12. The van der Waals surface area contributed by atoms with Crippen molar-refractivity contribution in [1.29, 1.82) is 0 Å². The van der Waals surface area contributed by atoms with Gasteiger partial charge in [0.2, 0.25) is 5.91 Å². The molecule has 0 atom stereocenters. The highest BCUT2D eigenvalue weighted by atomic mass is 35.5. The van der Waals surface area contributed by atoms with Crippen LogP contribution in [0, 0.1) is 5.41 Å². The molecule has 2 rings (SSSR count). The Morgan fingerprint density at radius 1 is 1.19 bits per heavy atom. The van der Waals surface area contributed by atoms with Gasteiger partial charge in [0.15, 0.2) is 0 Å². The number of benzene rings is 1. The van der Waals surface area contributed by atoms with E-state index in [1.807, 2.05) is 11.0 Å². The van der Waals surface area contributed by atoms with Crippen LogP contribution >= 0.6 is 12.4 Å². The van der Waals surface area contributed by atoms with Gasteiger partial charge in [0.05, 0.1) is 6.10 Å². The second-order valence-electron chi connectivity index (χ2n) is 7.73. The van der Waals surface area contributed by atoms with E-state index in [0.717, 1.165) is 58.2 Å². The molecule has 0 aliphatic carbocycles. The number of rotatable bonds is 9. The molecule has 2 N–H and O–H groups in total. The summed E-state index contributed by atoms with van der Waals surface area (Å²) in [6.45, 7) is 7.21. The maximum Gasteiger partial charge on any atom is 0.228 e. The first-order valence-corrected chi connectivity index (χ1v) is 9.68. The van der Waals surface area contributed by atoms with Gasteiger partial charge in [0.25, 0.3) is 0 Å². The van der Waals surface area contributed by atoms with Crippen LogP contribution in [0.5, 0.6) is 0 Å². The SMILES string of the molecule is CC(C)(CCCc1ccccc1)C(=O)N1CCC(OCCCN)CC1.Cl. The molecule has 148 valence electrons. The highest BCUT2D eigenvalue weighted by Crippen LogP contribution is 2.28. The van der Waals surface area contributed by atoms with Crippen LogP contribution in [0.15, 0.2) is 30.3 Å². The van der Waals surface area contributed by atoms with Gasteiger partial charge >= 0.3 is 0 Å². The Balaban J connectivity index is 0.00000338. The number of hydrogen-bond acceptors (Lipinski definition) is 3. The molecule has 0 spiro atoms. The fourth-order valence-corrected chi connectivity index (χ4v) is 3.47. The first kappa shape index (κ1) is 22.9. The van der Waals surface area contributed by atoms with E-state index in [-0.39, 0.29) is 23.9 Å². The molecule has 1 saturated heterocycles. The van der Waals surface area contributed by atoms with Crippen molar-refractivity contribution < 1.29 is 9.53 Å². The molecule has 0 unspecified atom stereocenters. The summed E-state index contributed by atoms with van der Waals surface area (Å²) in [5.41, 5.74) is 6.56. The van der Waals surface area contributed by atoms with Crippen LogP contribution in [0.3, 0.4) is 0 Å². The lowest BCUT2D eigenvalue weighted by Crippen LogP contribution is -2.46. The van der Waals surface area contributed by atoms with Crippen molar-refractivity contribution >= 4 is 18.3 Å². The van der Waals surface area contributed by atoms with Crippen LogP contribution in [0.2, 0.25) is 0 Å². The molecule has 1 fully saturated rings. The van der Waals surface area contributed by atoms with E-state index in [1.165, 1.54) is 5.56 Å². The highest BCUT2D eigenvalue weighted by Gasteiger charge is 2.33. The Morgan fingerprint density at radius 3 is 2.46 bits per heavy atom. The Hall–Kier alpha value is -1.10. The van der Waals surface area contributed by atoms with Gasteiger partial charge in [-0.1, -0.05) is 44.2 Å². The van der Waals surface area contributed by atoms with Crippen LogP contribution in [0.1, 0.15) is 51.5 Å². The van der Waals surface area contributed by atoms with E-state index >= 15 is 0 Å². The minimum absolute atomic E-state index is 0. The van der Waals surface area contributed by atoms with Crippen LogP contribution in [-0.2, 0) is 16.0 Å². The first-order chi connectivity index (χ1) is 12.0. The second kappa shape index (κ2) is 11.6. The summed E-state index contributed by atoms with van der Waals surface area (Å²) in [4.78, 5) is 14.9. The number of halogens is 1. The zero-order chi connectivity index (χ0) is 18.1. The van der Waals surface area contributed by atoms with Crippen LogP contribution < -0.4 is 5.73 Å². The lowest BCUT2D eigenvalue weighted by molar-refractivity contribution is -0.143. The third kappa shape index (κ3) is 7.26. The van der Waals surface area contributed by atoms with Crippen molar-refractivity contribution in [3.05, 3.63) is 35.9 Å². The number of nitrogens with zero attached hydrogens (tertiary/aromatic N) is 1. The standard InChI is InChI=1S/C21H34N2O2.ClH/c1-21(2,13-6-10-18-8-4-3-5-9-18)20(24)23-15-11-19(12-16-23)25-17-7-14-22;/h3-5,8-9,19H,6-7,10-17,22H2,1-2H3;1H. The maximum absolute atomic E-state index is 12.9. The zero-order valence-electron chi connectivity index (χ0n) is 16.3. The number of likely N-dealkylation sites (tertiary alicyclic amines) is 1. The molecule has 4 nitrogen and oxygen atoms in total. The van der Waals surface area contributed by atoms with E-state index in [0.29, 0.717) is 12.5 Å². The second-order valence-corrected chi connectivity index (χ2v) is 7.73. The highest BCUT2D eigenvalue weighted by molar-refractivity contribution is 5.85. The molecule has 1 aromatic carbocycles. The lowest BCUT2D eigenvalue weighted by atomic mass is 9.84. The van der Waals surface area contributed by atoms with Gasteiger partial charge in [-0.2, -0.15) is 0 Å². The summed E-state index contributed by atoms with van der Waals surface area (Å²) in [7, 11) is 0. The third-order valence-electron chi connectivity index (χ3n) is 5.12. The predicted molar refractivity (Wildman–Crippen MR) is 110 cm³/mol. The van der Waals surface area contributed by atoms with Crippen molar-refractivity contribution in [1.82, 2.24) is 4.90 Å². The molecule has 0 aromatic heterocycles. The summed E-state index contributed by atoms with van der Waals surface area (Å²) in [6, 6.07) is 10.5. The average Bonchev–Trinajstić information content (AvgIpc) is 2.63. The van der Waals surface area contributed by atoms with Crippen molar-refractivity contribution in [2.75, 3.05) is 26.2 Å². The number of nitrogens with two attached hydrogens (primary N) is 1. The van der Waals surface area contributed by atoms with Gasteiger partial charge in [0.1, 0.15) is 0 Å². The van der Waals surface area contributed by atoms with E-state index in [1.54, 1.807) is 0 Å². The van der Waals surface area contributed by atoms with Gasteiger partial charge < -0.3 is 15.4 Å². The molecule has 0 bridgehead atoms. The van der Waals surface area contributed by atoms with Crippen molar-refractivity contribution in [2.45, 2.75) is 58.5 Å². The Bertz CT molecular complexity index is 514. The zero-order valence-corrected chi connectivity index (χ0v) is 17.1. The minimum atomic E-state index is -0.290. The fourth-order valence-electron chi connectivity index (χ4n) is 3.47. The van der Waals surface area contributed by atoms with E-state index in [9.17, 15) is 4.79 Å². The first-order valence-electron chi connectivity index (χ1n) is 9.68. The minimum Gasteiger partial charge on any atom is -0.378 e. The summed E-state index contributed by atoms with van der Waals surface area (Å²) in [5.74, 6) is 0.293. The van der Waals surface area contributed by atoms with E-state index in [2.05, 4.69) is 38.1 Å². The number of carbonyl (C=O) groups is 1. The normalized spacial score (nSPS) is 15.6. The molecular formula is C21H35ClN2O2. The van der Waals surface area contributed by atoms with E-state index < -0.39 is 0 Å². The number of aryl methyl sites for hydroxylation is 1. The average molecular weight is 383 g/mol. The molecule has 1 aliphatic rings. The van der Waals surface area contributed by atoms with Gasteiger partial charge in [-0.3, -0.25) is 4.79 Å². The molecule has 1 aromatic rings. The predicted octanol–water partition coefficient (Wildman–Crippen LogP) is 3.81. The number of ether oxygens (including phenoxy) is 1.